The van der Waals surface area contributed by atoms with Crippen molar-refractivity contribution in [2.24, 2.45) is 0 Å². The number of amides is 1. The highest BCUT2D eigenvalue weighted by molar-refractivity contribution is 7.07. The van der Waals surface area contributed by atoms with Crippen molar-refractivity contribution in [2.75, 3.05) is 6.54 Å². The highest BCUT2D eigenvalue weighted by Crippen LogP contribution is 2.18. The van der Waals surface area contributed by atoms with E-state index in [1.165, 1.54) is 11.3 Å². The molecule has 0 unspecified atom stereocenters. The van der Waals surface area contributed by atoms with Gasteiger partial charge in [-0.2, -0.15) is 11.3 Å². The van der Waals surface area contributed by atoms with Crippen LogP contribution in [0.25, 0.3) is 11.0 Å². The van der Waals surface area contributed by atoms with Gasteiger partial charge in [-0.15, -0.1) is 0 Å². The maximum absolute atomic E-state index is 11.9. The van der Waals surface area contributed by atoms with E-state index in [1.807, 2.05) is 41.1 Å². The third kappa shape index (κ3) is 3.12. The number of carbonyl (C=O) groups excluding carboxylic acids is 1. The number of para-hydroxylation sites is 1. The van der Waals surface area contributed by atoms with Crippen LogP contribution in [0.2, 0.25) is 0 Å². The van der Waals surface area contributed by atoms with E-state index in [0.717, 1.165) is 10.9 Å². The summed E-state index contributed by atoms with van der Waals surface area (Å²) in [4.78, 5) is 11.9. The van der Waals surface area contributed by atoms with Gasteiger partial charge in [0.05, 0.1) is 12.5 Å². The van der Waals surface area contributed by atoms with Gasteiger partial charge in [0, 0.05) is 11.9 Å². The van der Waals surface area contributed by atoms with Crippen molar-refractivity contribution in [1.29, 1.82) is 0 Å². The fraction of sp³-hybridized carbons (Fsp3) is 0.200. The number of hydrogen-bond donors (Lipinski definition) is 2. The number of fused-ring (bicyclic) bond motifs is 1. The summed E-state index contributed by atoms with van der Waals surface area (Å²) >= 11 is 1.51. The number of nitrogens with one attached hydrogen (secondary N) is 1. The molecule has 2 N–H and O–H groups in total. The SMILES string of the molecule is O=C(Cc1noc2ccccc12)NC[C@H](O)c1ccsc1. The van der Waals surface area contributed by atoms with E-state index >= 15 is 0 Å². The first-order valence-electron chi connectivity index (χ1n) is 6.54. The fourth-order valence-electron chi connectivity index (χ4n) is 2.07. The molecule has 0 saturated heterocycles. The Bertz CT molecular complexity index is 736. The largest absolute Gasteiger partial charge is 0.387 e. The monoisotopic (exact) mass is 302 g/mol. The van der Waals surface area contributed by atoms with Crippen molar-refractivity contribution < 1.29 is 14.4 Å². The van der Waals surface area contributed by atoms with Crippen molar-refractivity contribution >= 4 is 28.2 Å². The highest BCUT2D eigenvalue weighted by Gasteiger charge is 2.14. The number of carbonyl (C=O) groups is 1. The van der Waals surface area contributed by atoms with E-state index < -0.39 is 6.10 Å². The Morgan fingerprint density at radius 1 is 1.38 bits per heavy atom. The second kappa shape index (κ2) is 6.07. The van der Waals surface area contributed by atoms with Gasteiger partial charge in [0.1, 0.15) is 5.69 Å². The molecular formula is C15H14N2O3S. The molecule has 0 fully saturated rings. The number of nitrogens with zero attached hydrogens (tertiary/aromatic N) is 1. The zero-order valence-electron chi connectivity index (χ0n) is 11.2. The molecule has 3 aromatic rings. The van der Waals surface area contributed by atoms with Crippen LogP contribution in [0, 0.1) is 0 Å². The minimum atomic E-state index is -0.686. The lowest BCUT2D eigenvalue weighted by Crippen LogP contribution is -2.29. The molecule has 2 heterocycles. The molecule has 0 spiro atoms. The van der Waals surface area contributed by atoms with E-state index in [4.69, 9.17) is 4.52 Å². The molecular weight excluding hydrogens is 288 g/mol. The summed E-state index contributed by atoms with van der Waals surface area (Å²) < 4.78 is 5.16. The van der Waals surface area contributed by atoms with Crippen LogP contribution in [0.3, 0.4) is 0 Å². The molecule has 108 valence electrons. The molecule has 0 aliphatic rings. The van der Waals surface area contributed by atoms with Crippen molar-refractivity contribution in [3.63, 3.8) is 0 Å². The van der Waals surface area contributed by atoms with Crippen LogP contribution in [-0.2, 0) is 11.2 Å². The normalized spacial score (nSPS) is 12.4. The molecule has 0 aliphatic heterocycles. The van der Waals surface area contributed by atoms with Crippen LogP contribution >= 0.6 is 11.3 Å². The lowest BCUT2D eigenvalue weighted by Gasteiger charge is -2.09. The molecule has 5 nitrogen and oxygen atoms in total. The fourth-order valence-corrected chi connectivity index (χ4v) is 2.78. The van der Waals surface area contributed by atoms with Crippen LogP contribution in [-0.4, -0.2) is 22.7 Å². The van der Waals surface area contributed by atoms with Crippen LogP contribution < -0.4 is 5.32 Å². The van der Waals surface area contributed by atoms with Gasteiger partial charge in [-0.3, -0.25) is 4.79 Å². The highest BCUT2D eigenvalue weighted by atomic mass is 32.1. The van der Waals surface area contributed by atoms with E-state index in [1.54, 1.807) is 0 Å². The molecule has 0 bridgehead atoms. The molecule has 1 atom stereocenters. The summed E-state index contributed by atoms with van der Waals surface area (Å²) in [5, 5.41) is 21.1. The van der Waals surface area contributed by atoms with E-state index in [2.05, 4.69) is 10.5 Å². The number of aromatic nitrogens is 1. The average Bonchev–Trinajstić information content (AvgIpc) is 3.15. The van der Waals surface area contributed by atoms with Gasteiger partial charge in [0.15, 0.2) is 5.58 Å². The Balaban J connectivity index is 1.59. The van der Waals surface area contributed by atoms with Gasteiger partial charge < -0.3 is 14.9 Å². The average molecular weight is 302 g/mol. The summed E-state index contributed by atoms with van der Waals surface area (Å²) in [6, 6.07) is 9.25. The lowest BCUT2D eigenvalue weighted by molar-refractivity contribution is -0.121. The van der Waals surface area contributed by atoms with Crippen LogP contribution in [0.4, 0.5) is 0 Å². The Morgan fingerprint density at radius 2 is 2.24 bits per heavy atom. The smallest absolute Gasteiger partial charge is 0.226 e. The first-order valence-corrected chi connectivity index (χ1v) is 7.48. The predicted molar refractivity (Wildman–Crippen MR) is 80.0 cm³/mol. The van der Waals surface area contributed by atoms with Crippen LogP contribution in [0.1, 0.15) is 17.4 Å². The number of rotatable bonds is 5. The summed E-state index contributed by atoms with van der Waals surface area (Å²) in [7, 11) is 0. The molecule has 0 saturated carbocycles. The van der Waals surface area contributed by atoms with Gasteiger partial charge in [-0.25, -0.2) is 0 Å². The molecule has 1 aromatic carbocycles. The van der Waals surface area contributed by atoms with Gasteiger partial charge in [-0.05, 0) is 34.5 Å². The van der Waals surface area contributed by atoms with Crippen LogP contribution in [0.15, 0.2) is 45.6 Å². The Hall–Kier alpha value is -2.18. The number of benzene rings is 1. The number of aliphatic hydroxyl groups is 1. The topological polar surface area (TPSA) is 75.4 Å². The lowest BCUT2D eigenvalue weighted by atomic mass is 10.1. The minimum absolute atomic E-state index is 0.132. The molecule has 0 radical (unpaired) electrons. The first kappa shape index (κ1) is 13.8. The molecule has 1 amide bonds. The van der Waals surface area contributed by atoms with E-state index in [0.29, 0.717) is 11.3 Å². The standard InChI is InChI=1S/C15H14N2O3S/c18-13(10-5-6-21-9-10)8-16-15(19)7-12-11-3-1-2-4-14(11)20-17-12/h1-6,9,13,18H,7-8H2,(H,16,19)/t13-/m0/s1. The second-order valence-corrected chi connectivity index (χ2v) is 5.46. The Labute approximate surface area is 125 Å². The Kier molecular flexibility index (Phi) is 3.98. The third-order valence-electron chi connectivity index (χ3n) is 3.20. The molecule has 0 aliphatic carbocycles. The van der Waals surface area contributed by atoms with E-state index in [-0.39, 0.29) is 18.9 Å². The summed E-state index contributed by atoms with van der Waals surface area (Å²) in [6.07, 6.45) is -0.554. The predicted octanol–water partition coefficient (Wildman–Crippen LogP) is 2.28. The number of hydrogen-bond acceptors (Lipinski definition) is 5. The van der Waals surface area contributed by atoms with E-state index in [9.17, 15) is 9.90 Å². The molecule has 21 heavy (non-hydrogen) atoms. The minimum Gasteiger partial charge on any atom is -0.387 e. The molecule has 2 aromatic heterocycles. The summed E-state index contributed by atoms with van der Waals surface area (Å²) in [5.74, 6) is -0.191. The van der Waals surface area contributed by atoms with Crippen molar-refractivity contribution in [3.05, 3.63) is 52.3 Å². The first-order chi connectivity index (χ1) is 10.2. The third-order valence-corrected chi connectivity index (χ3v) is 3.90. The van der Waals surface area contributed by atoms with Crippen molar-refractivity contribution in [1.82, 2.24) is 10.5 Å². The van der Waals surface area contributed by atoms with Gasteiger partial charge in [0.25, 0.3) is 0 Å². The summed E-state index contributed by atoms with van der Waals surface area (Å²) in [6.45, 7) is 0.186. The van der Waals surface area contributed by atoms with Gasteiger partial charge in [0.2, 0.25) is 5.91 Å². The van der Waals surface area contributed by atoms with Crippen molar-refractivity contribution in [2.45, 2.75) is 12.5 Å². The van der Waals surface area contributed by atoms with Crippen LogP contribution in [0.5, 0.6) is 0 Å². The van der Waals surface area contributed by atoms with Gasteiger partial charge in [-0.1, -0.05) is 17.3 Å². The maximum atomic E-state index is 11.9. The zero-order chi connectivity index (χ0) is 14.7. The maximum Gasteiger partial charge on any atom is 0.226 e. The van der Waals surface area contributed by atoms with Gasteiger partial charge >= 0.3 is 0 Å². The zero-order valence-corrected chi connectivity index (χ0v) is 12.0. The number of thiophene rings is 1. The van der Waals surface area contributed by atoms with Crippen molar-refractivity contribution in [3.8, 4) is 0 Å². The number of aliphatic hydroxyl groups excluding tert-OH is 1. The summed E-state index contributed by atoms with van der Waals surface area (Å²) in [5.41, 5.74) is 2.08. The second-order valence-electron chi connectivity index (χ2n) is 4.68. The Morgan fingerprint density at radius 3 is 3.05 bits per heavy atom. The quantitative estimate of drug-likeness (QED) is 0.758. The molecule has 3 rings (SSSR count). The molecule has 6 heteroatoms.